The molecule has 0 aliphatic rings. The van der Waals surface area contributed by atoms with Crippen molar-refractivity contribution in [3.8, 4) is 0 Å². The van der Waals surface area contributed by atoms with Gasteiger partial charge in [0.25, 0.3) is 0 Å². The van der Waals surface area contributed by atoms with Crippen LogP contribution in [-0.4, -0.2) is 6.54 Å². The van der Waals surface area contributed by atoms with Crippen molar-refractivity contribution >= 4 is 0 Å². The Morgan fingerprint density at radius 1 is 1.29 bits per heavy atom. The highest BCUT2D eigenvalue weighted by molar-refractivity contribution is 5.20. The van der Waals surface area contributed by atoms with Gasteiger partial charge < -0.3 is 11.5 Å². The van der Waals surface area contributed by atoms with Gasteiger partial charge in [-0.3, -0.25) is 0 Å². The van der Waals surface area contributed by atoms with E-state index in [0.717, 1.165) is 12.0 Å². The molecule has 78 valence electrons. The number of rotatable bonds is 4. The minimum atomic E-state index is -0.234. The molecule has 0 spiro atoms. The summed E-state index contributed by atoms with van der Waals surface area (Å²) in [5, 5.41) is 0. The molecule has 0 amide bonds. The second kappa shape index (κ2) is 5.08. The van der Waals surface area contributed by atoms with Crippen LogP contribution in [0.25, 0.3) is 0 Å². The number of nitrogens with two attached hydrogens (primary N) is 2. The van der Waals surface area contributed by atoms with E-state index in [4.69, 9.17) is 11.5 Å². The molecule has 4 N–H and O–H groups in total. The van der Waals surface area contributed by atoms with Crippen LogP contribution in [0, 0.1) is 11.7 Å². The third-order valence-corrected chi connectivity index (χ3v) is 2.59. The van der Waals surface area contributed by atoms with Crippen molar-refractivity contribution in [1.29, 1.82) is 0 Å². The van der Waals surface area contributed by atoms with Gasteiger partial charge in [0, 0.05) is 6.04 Å². The summed E-state index contributed by atoms with van der Waals surface area (Å²) in [7, 11) is 0. The normalized spacial score (nSPS) is 15.1. The molecule has 2 atom stereocenters. The van der Waals surface area contributed by atoms with Gasteiger partial charge in [-0.2, -0.15) is 0 Å². The van der Waals surface area contributed by atoms with E-state index in [9.17, 15) is 4.39 Å². The van der Waals surface area contributed by atoms with Crippen LogP contribution in [-0.2, 0) is 0 Å². The summed E-state index contributed by atoms with van der Waals surface area (Å²) in [4.78, 5) is 0. The minimum Gasteiger partial charge on any atom is -0.330 e. The van der Waals surface area contributed by atoms with Crippen LogP contribution >= 0.6 is 0 Å². The van der Waals surface area contributed by atoms with E-state index in [-0.39, 0.29) is 17.8 Å². The van der Waals surface area contributed by atoms with Crippen LogP contribution in [0.15, 0.2) is 24.3 Å². The van der Waals surface area contributed by atoms with E-state index in [0.29, 0.717) is 6.54 Å². The van der Waals surface area contributed by atoms with Crippen molar-refractivity contribution in [2.75, 3.05) is 6.54 Å². The van der Waals surface area contributed by atoms with Crippen LogP contribution < -0.4 is 11.5 Å². The first-order chi connectivity index (χ1) is 6.69. The molecular formula is C11H17FN2. The summed E-state index contributed by atoms with van der Waals surface area (Å²) in [6.07, 6.45) is 0.940. The fourth-order valence-corrected chi connectivity index (χ4v) is 1.52. The first kappa shape index (κ1) is 11.1. The zero-order valence-electron chi connectivity index (χ0n) is 8.41. The van der Waals surface area contributed by atoms with Gasteiger partial charge in [-0.1, -0.05) is 25.5 Å². The summed E-state index contributed by atoms with van der Waals surface area (Å²) >= 11 is 0. The molecule has 14 heavy (non-hydrogen) atoms. The topological polar surface area (TPSA) is 52.0 Å². The lowest BCUT2D eigenvalue weighted by atomic mass is 9.92. The highest BCUT2D eigenvalue weighted by Crippen LogP contribution is 2.21. The molecule has 0 fully saturated rings. The van der Waals surface area contributed by atoms with Gasteiger partial charge >= 0.3 is 0 Å². The smallest absolute Gasteiger partial charge is 0.123 e. The summed E-state index contributed by atoms with van der Waals surface area (Å²) in [6, 6.07) is 6.21. The van der Waals surface area contributed by atoms with Crippen LogP contribution in [0.5, 0.6) is 0 Å². The Morgan fingerprint density at radius 3 is 2.29 bits per heavy atom. The lowest BCUT2D eigenvalue weighted by molar-refractivity contribution is 0.427. The average Bonchev–Trinajstić information content (AvgIpc) is 2.20. The molecule has 2 nitrogen and oxygen atoms in total. The van der Waals surface area contributed by atoms with Crippen molar-refractivity contribution in [2.24, 2.45) is 17.4 Å². The van der Waals surface area contributed by atoms with Gasteiger partial charge in [0.15, 0.2) is 0 Å². The van der Waals surface area contributed by atoms with Gasteiger partial charge in [-0.15, -0.1) is 0 Å². The van der Waals surface area contributed by atoms with Crippen LogP contribution in [0.3, 0.4) is 0 Å². The number of hydrogen-bond donors (Lipinski definition) is 2. The van der Waals surface area contributed by atoms with E-state index in [1.807, 2.05) is 0 Å². The Bertz CT molecular complexity index is 267. The molecular weight excluding hydrogens is 179 g/mol. The monoisotopic (exact) mass is 196 g/mol. The lowest BCUT2D eigenvalue weighted by Crippen LogP contribution is -2.27. The minimum absolute atomic E-state index is 0.0920. The molecule has 0 aliphatic carbocycles. The molecule has 0 heterocycles. The zero-order chi connectivity index (χ0) is 10.6. The molecule has 0 saturated heterocycles. The molecule has 1 aromatic rings. The van der Waals surface area contributed by atoms with Crippen molar-refractivity contribution in [3.05, 3.63) is 35.6 Å². The van der Waals surface area contributed by atoms with E-state index >= 15 is 0 Å². The van der Waals surface area contributed by atoms with E-state index < -0.39 is 0 Å². The van der Waals surface area contributed by atoms with Gasteiger partial charge in [-0.25, -0.2) is 4.39 Å². The zero-order valence-corrected chi connectivity index (χ0v) is 8.41. The van der Waals surface area contributed by atoms with E-state index in [2.05, 4.69) is 6.92 Å². The Balaban J connectivity index is 2.77. The van der Waals surface area contributed by atoms with Gasteiger partial charge in [0.2, 0.25) is 0 Å². The van der Waals surface area contributed by atoms with Crippen LogP contribution in [0.4, 0.5) is 4.39 Å². The molecule has 1 rings (SSSR count). The first-order valence-corrected chi connectivity index (χ1v) is 4.90. The average molecular weight is 196 g/mol. The molecule has 0 aromatic heterocycles. The second-order valence-corrected chi connectivity index (χ2v) is 3.48. The third-order valence-electron chi connectivity index (χ3n) is 2.59. The molecule has 0 bridgehead atoms. The van der Waals surface area contributed by atoms with Crippen molar-refractivity contribution in [1.82, 2.24) is 0 Å². The maximum Gasteiger partial charge on any atom is 0.123 e. The maximum atomic E-state index is 12.6. The molecule has 0 radical (unpaired) electrons. The largest absolute Gasteiger partial charge is 0.330 e. The van der Waals surface area contributed by atoms with Crippen molar-refractivity contribution in [3.63, 3.8) is 0 Å². The summed E-state index contributed by atoms with van der Waals surface area (Å²) in [5.41, 5.74) is 12.6. The van der Waals surface area contributed by atoms with E-state index in [1.165, 1.54) is 12.1 Å². The summed E-state index contributed by atoms with van der Waals surface area (Å²) in [5.74, 6) is 0.0298. The quantitative estimate of drug-likeness (QED) is 0.771. The van der Waals surface area contributed by atoms with E-state index in [1.54, 1.807) is 12.1 Å². The molecule has 0 aliphatic heterocycles. The number of halogens is 1. The number of benzene rings is 1. The Morgan fingerprint density at radius 2 is 1.86 bits per heavy atom. The number of hydrogen-bond acceptors (Lipinski definition) is 2. The van der Waals surface area contributed by atoms with Crippen molar-refractivity contribution in [2.45, 2.75) is 19.4 Å². The standard InChI is InChI=1S/C11H17FN2/c1-2-8(7-13)11(14)9-3-5-10(12)6-4-9/h3-6,8,11H,2,7,13-14H2,1H3. The Kier molecular flexibility index (Phi) is 4.04. The van der Waals surface area contributed by atoms with Gasteiger partial charge in [0.05, 0.1) is 0 Å². The lowest BCUT2D eigenvalue weighted by Gasteiger charge is -2.21. The fraction of sp³-hybridized carbons (Fsp3) is 0.455. The highest BCUT2D eigenvalue weighted by Gasteiger charge is 2.15. The third kappa shape index (κ3) is 2.53. The van der Waals surface area contributed by atoms with Crippen LogP contribution in [0.2, 0.25) is 0 Å². The Labute approximate surface area is 84.1 Å². The van der Waals surface area contributed by atoms with Gasteiger partial charge in [0.1, 0.15) is 5.82 Å². The van der Waals surface area contributed by atoms with Crippen LogP contribution in [0.1, 0.15) is 24.9 Å². The van der Waals surface area contributed by atoms with Crippen molar-refractivity contribution < 1.29 is 4.39 Å². The summed E-state index contributed by atoms with van der Waals surface area (Å²) < 4.78 is 12.6. The summed E-state index contributed by atoms with van der Waals surface area (Å²) in [6.45, 7) is 2.62. The van der Waals surface area contributed by atoms with Gasteiger partial charge in [-0.05, 0) is 30.2 Å². The first-order valence-electron chi connectivity index (χ1n) is 4.90. The Hall–Kier alpha value is -0.930. The predicted octanol–water partition coefficient (Wildman–Crippen LogP) is 1.81. The highest BCUT2D eigenvalue weighted by atomic mass is 19.1. The molecule has 1 aromatic carbocycles. The second-order valence-electron chi connectivity index (χ2n) is 3.48. The predicted molar refractivity (Wildman–Crippen MR) is 56.2 cm³/mol. The maximum absolute atomic E-state index is 12.6. The molecule has 2 unspecified atom stereocenters. The molecule has 3 heteroatoms. The fourth-order valence-electron chi connectivity index (χ4n) is 1.52. The molecule has 0 saturated carbocycles. The SMILES string of the molecule is CCC(CN)C(N)c1ccc(F)cc1.